The smallest absolute Gasteiger partial charge is 0.0461 e. The van der Waals surface area contributed by atoms with Gasteiger partial charge < -0.3 is 4.98 Å². The molecule has 3 nitrogen and oxygen atoms in total. The van der Waals surface area contributed by atoms with Crippen LogP contribution in [0, 0.1) is 0 Å². The van der Waals surface area contributed by atoms with Crippen molar-refractivity contribution in [2.24, 2.45) is 0 Å². The second-order valence-electron chi connectivity index (χ2n) is 6.30. The first kappa shape index (κ1) is 14.3. The standard InChI is InChI=1S/C18H22ClN3/c19-15-4-5-18-16(12-15)17(13-20-18)14-6-10-22(11-7-14)21-8-2-1-3-9-21/h4-6,12-13,20H,1-3,7-11H2. The summed E-state index contributed by atoms with van der Waals surface area (Å²) in [5.74, 6) is 0. The van der Waals surface area contributed by atoms with E-state index in [1.54, 1.807) is 0 Å². The fraction of sp³-hybridized carbons (Fsp3) is 0.444. The molecule has 1 aromatic carbocycles. The zero-order valence-electron chi connectivity index (χ0n) is 12.8. The highest BCUT2D eigenvalue weighted by molar-refractivity contribution is 6.31. The highest BCUT2D eigenvalue weighted by Gasteiger charge is 2.21. The summed E-state index contributed by atoms with van der Waals surface area (Å²) < 4.78 is 0. The summed E-state index contributed by atoms with van der Waals surface area (Å²) in [6, 6.07) is 6.07. The van der Waals surface area contributed by atoms with Gasteiger partial charge in [-0.05, 0) is 43.0 Å². The number of aromatic nitrogens is 1. The van der Waals surface area contributed by atoms with Gasteiger partial charge in [0.1, 0.15) is 0 Å². The monoisotopic (exact) mass is 315 g/mol. The Morgan fingerprint density at radius 1 is 1.00 bits per heavy atom. The fourth-order valence-electron chi connectivity index (χ4n) is 3.68. The minimum Gasteiger partial charge on any atom is -0.361 e. The van der Waals surface area contributed by atoms with Crippen LogP contribution in [0.2, 0.25) is 5.02 Å². The summed E-state index contributed by atoms with van der Waals surface area (Å²) in [5.41, 5.74) is 3.93. The third-order valence-electron chi connectivity index (χ3n) is 4.91. The van der Waals surface area contributed by atoms with Gasteiger partial charge >= 0.3 is 0 Å². The van der Waals surface area contributed by atoms with Gasteiger partial charge in [-0.3, -0.25) is 0 Å². The van der Waals surface area contributed by atoms with Crippen LogP contribution in [0.1, 0.15) is 31.2 Å². The van der Waals surface area contributed by atoms with Crippen LogP contribution in [0.5, 0.6) is 0 Å². The Morgan fingerprint density at radius 3 is 2.64 bits per heavy atom. The molecule has 1 fully saturated rings. The summed E-state index contributed by atoms with van der Waals surface area (Å²) in [6.45, 7) is 4.61. The molecule has 116 valence electrons. The van der Waals surface area contributed by atoms with Gasteiger partial charge in [-0.25, -0.2) is 10.0 Å². The van der Waals surface area contributed by atoms with E-state index in [-0.39, 0.29) is 0 Å². The molecule has 1 saturated heterocycles. The summed E-state index contributed by atoms with van der Waals surface area (Å²) in [4.78, 5) is 3.36. The van der Waals surface area contributed by atoms with Crippen LogP contribution in [0.25, 0.3) is 16.5 Å². The summed E-state index contributed by atoms with van der Waals surface area (Å²) >= 11 is 6.16. The number of hydrogen-bond donors (Lipinski definition) is 1. The number of nitrogens with one attached hydrogen (secondary N) is 1. The first-order valence-corrected chi connectivity index (χ1v) is 8.65. The van der Waals surface area contributed by atoms with Gasteiger partial charge in [0.25, 0.3) is 0 Å². The maximum atomic E-state index is 6.16. The summed E-state index contributed by atoms with van der Waals surface area (Å²) in [5, 5.41) is 7.11. The van der Waals surface area contributed by atoms with Crippen LogP contribution in [0.3, 0.4) is 0 Å². The minimum absolute atomic E-state index is 0.805. The average molecular weight is 316 g/mol. The Kier molecular flexibility index (Phi) is 3.95. The number of aromatic amines is 1. The van der Waals surface area contributed by atoms with Gasteiger partial charge in [-0.15, -0.1) is 0 Å². The van der Waals surface area contributed by atoms with E-state index in [9.17, 15) is 0 Å². The quantitative estimate of drug-likeness (QED) is 0.892. The van der Waals surface area contributed by atoms with Crippen LogP contribution in [-0.2, 0) is 0 Å². The van der Waals surface area contributed by atoms with Crippen LogP contribution in [0.15, 0.2) is 30.5 Å². The van der Waals surface area contributed by atoms with Crippen molar-refractivity contribution in [3.05, 3.63) is 41.1 Å². The Balaban J connectivity index is 1.55. The molecule has 0 saturated carbocycles. The van der Waals surface area contributed by atoms with E-state index >= 15 is 0 Å². The van der Waals surface area contributed by atoms with Gasteiger partial charge in [-0.1, -0.05) is 24.1 Å². The zero-order chi connectivity index (χ0) is 14.9. The van der Waals surface area contributed by atoms with Crippen LogP contribution < -0.4 is 0 Å². The Hall–Kier alpha value is -1.29. The molecule has 0 aliphatic carbocycles. The van der Waals surface area contributed by atoms with Crippen molar-refractivity contribution in [3.63, 3.8) is 0 Å². The molecule has 2 aromatic rings. The Labute approximate surface area is 136 Å². The van der Waals surface area contributed by atoms with E-state index in [1.165, 1.54) is 54.4 Å². The molecule has 0 atom stereocenters. The van der Waals surface area contributed by atoms with Crippen molar-refractivity contribution in [2.75, 3.05) is 26.2 Å². The predicted molar refractivity (Wildman–Crippen MR) is 92.9 cm³/mol. The molecule has 0 spiro atoms. The number of hydrazine groups is 1. The van der Waals surface area contributed by atoms with Gasteiger partial charge in [0.2, 0.25) is 0 Å². The first-order valence-electron chi connectivity index (χ1n) is 8.27. The van der Waals surface area contributed by atoms with Crippen LogP contribution >= 0.6 is 11.6 Å². The number of halogens is 1. The lowest BCUT2D eigenvalue weighted by atomic mass is 9.99. The van der Waals surface area contributed by atoms with Crippen LogP contribution in [-0.4, -0.2) is 41.2 Å². The van der Waals surface area contributed by atoms with Crippen LogP contribution in [0.4, 0.5) is 0 Å². The lowest BCUT2D eigenvalue weighted by molar-refractivity contribution is -0.0304. The van der Waals surface area contributed by atoms with Crippen molar-refractivity contribution in [1.82, 2.24) is 15.0 Å². The highest BCUT2D eigenvalue weighted by atomic mass is 35.5. The second-order valence-corrected chi connectivity index (χ2v) is 6.74. The molecule has 0 bridgehead atoms. The SMILES string of the molecule is Clc1ccc2[nH]cc(C3=CCN(N4CCCCC4)CC3)c2c1. The maximum absolute atomic E-state index is 6.16. The van der Waals surface area contributed by atoms with E-state index in [0.717, 1.165) is 24.5 Å². The average Bonchev–Trinajstić information content (AvgIpc) is 2.99. The van der Waals surface area contributed by atoms with E-state index < -0.39 is 0 Å². The second kappa shape index (κ2) is 6.07. The normalized spacial score (nSPS) is 21.2. The van der Waals surface area contributed by atoms with Crippen molar-refractivity contribution in [2.45, 2.75) is 25.7 Å². The topological polar surface area (TPSA) is 22.3 Å². The minimum atomic E-state index is 0.805. The fourth-order valence-corrected chi connectivity index (χ4v) is 3.85. The summed E-state index contributed by atoms with van der Waals surface area (Å²) in [6.07, 6.45) is 9.70. The first-order chi connectivity index (χ1) is 10.8. The number of hydrogen-bond acceptors (Lipinski definition) is 2. The number of piperidine rings is 1. The van der Waals surface area contributed by atoms with E-state index in [4.69, 9.17) is 11.6 Å². The number of fused-ring (bicyclic) bond motifs is 1. The third-order valence-corrected chi connectivity index (χ3v) is 5.14. The number of nitrogens with zero attached hydrogens (tertiary/aromatic N) is 2. The number of rotatable bonds is 2. The van der Waals surface area contributed by atoms with E-state index in [1.807, 2.05) is 6.07 Å². The molecule has 3 heterocycles. The molecule has 4 rings (SSSR count). The molecule has 0 radical (unpaired) electrons. The molecule has 1 aromatic heterocycles. The highest BCUT2D eigenvalue weighted by Crippen LogP contribution is 2.31. The zero-order valence-corrected chi connectivity index (χ0v) is 13.6. The third kappa shape index (κ3) is 2.69. The molecule has 1 N–H and O–H groups in total. The number of benzene rings is 1. The lowest BCUT2D eigenvalue weighted by Gasteiger charge is -2.39. The van der Waals surface area contributed by atoms with Crippen molar-refractivity contribution >= 4 is 28.1 Å². The summed E-state index contributed by atoms with van der Waals surface area (Å²) in [7, 11) is 0. The Morgan fingerprint density at radius 2 is 1.86 bits per heavy atom. The molecule has 0 amide bonds. The van der Waals surface area contributed by atoms with Crippen molar-refractivity contribution < 1.29 is 0 Å². The largest absolute Gasteiger partial charge is 0.361 e. The van der Waals surface area contributed by atoms with E-state index in [2.05, 4.69) is 39.4 Å². The molecule has 4 heteroatoms. The molecular formula is C18H22ClN3. The lowest BCUT2D eigenvalue weighted by Crippen LogP contribution is -2.47. The molecule has 2 aliphatic heterocycles. The molecule has 0 unspecified atom stereocenters. The molecule has 2 aliphatic rings. The van der Waals surface area contributed by atoms with E-state index in [0.29, 0.717) is 0 Å². The van der Waals surface area contributed by atoms with Crippen molar-refractivity contribution in [3.8, 4) is 0 Å². The van der Waals surface area contributed by atoms with Gasteiger partial charge in [-0.2, -0.15) is 0 Å². The molecule has 22 heavy (non-hydrogen) atoms. The molecular weight excluding hydrogens is 294 g/mol. The van der Waals surface area contributed by atoms with Gasteiger partial charge in [0.05, 0.1) is 0 Å². The Bertz CT molecular complexity index is 697. The predicted octanol–water partition coefficient (Wildman–Crippen LogP) is 4.31. The van der Waals surface area contributed by atoms with Gasteiger partial charge in [0.15, 0.2) is 0 Å². The van der Waals surface area contributed by atoms with Crippen molar-refractivity contribution in [1.29, 1.82) is 0 Å². The van der Waals surface area contributed by atoms with Gasteiger partial charge in [0, 0.05) is 53.9 Å². The maximum Gasteiger partial charge on any atom is 0.0461 e. The number of H-pyrrole nitrogens is 1.